The molecule has 0 unspecified atom stereocenters. The first kappa shape index (κ1) is 14.5. The number of benzene rings is 1. The van der Waals surface area contributed by atoms with E-state index >= 15 is 0 Å². The Kier molecular flexibility index (Phi) is 4.46. The van der Waals surface area contributed by atoms with E-state index < -0.39 is 5.97 Å². The van der Waals surface area contributed by atoms with Crippen molar-refractivity contribution < 1.29 is 9.53 Å². The van der Waals surface area contributed by atoms with E-state index in [1.807, 2.05) is 30.1 Å². The summed E-state index contributed by atoms with van der Waals surface area (Å²) in [5.74, 6) is 0.0319. The van der Waals surface area contributed by atoms with E-state index in [9.17, 15) is 4.79 Å². The molecular formula is C15H14N4O2. The zero-order chi connectivity index (χ0) is 15.2. The molecule has 6 nitrogen and oxygen atoms in total. The molecule has 0 N–H and O–H groups in total. The van der Waals surface area contributed by atoms with Crippen molar-refractivity contribution in [3.63, 3.8) is 0 Å². The van der Waals surface area contributed by atoms with E-state index in [-0.39, 0.29) is 5.69 Å². The topological polar surface area (TPSA) is 79.1 Å². The third-order valence-electron chi connectivity index (χ3n) is 2.88. The molecule has 0 spiro atoms. The Morgan fingerprint density at radius 2 is 2.24 bits per heavy atom. The molecule has 0 amide bonds. The standard InChI is InChI=1S/C15H14N4O2/c1-19(10-12-5-3-4-11(6-12)7-16)14-9-17-8-13(18-14)15(20)21-2/h3-6,8-9H,10H2,1-2H3. The molecule has 0 radical (unpaired) electrons. The van der Waals surface area contributed by atoms with E-state index in [2.05, 4.69) is 20.8 Å². The van der Waals surface area contributed by atoms with Gasteiger partial charge >= 0.3 is 5.97 Å². The van der Waals surface area contributed by atoms with E-state index in [1.54, 1.807) is 12.3 Å². The predicted molar refractivity (Wildman–Crippen MR) is 76.6 cm³/mol. The summed E-state index contributed by atoms with van der Waals surface area (Å²) in [6.07, 6.45) is 2.93. The zero-order valence-electron chi connectivity index (χ0n) is 11.8. The molecule has 2 aromatic rings. The van der Waals surface area contributed by atoms with Crippen molar-refractivity contribution in [1.29, 1.82) is 5.26 Å². The lowest BCUT2D eigenvalue weighted by Gasteiger charge is -2.18. The number of rotatable bonds is 4. The summed E-state index contributed by atoms with van der Waals surface area (Å²) < 4.78 is 4.62. The van der Waals surface area contributed by atoms with E-state index in [0.717, 1.165) is 5.56 Å². The highest BCUT2D eigenvalue weighted by Gasteiger charge is 2.11. The summed E-state index contributed by atoms with van der Waals surface area (Å²) in [5.41, 5.74) is 1.74. The highest BCUT2D eigenvalue weighted by Crippen LogP contribution is 2.13. The van der Waals surface area contributed by atoms with Crippen LogP contribution in [0.25, 0.3) is 0 Å². The largest absolute Gasteiger partial charge is 0.464 e. The minimum Gasteiger partial charge on any atom is -0.464 e. The molecule has 1 aromatic heterocycles. The molecule has 1 aromatic carbocycles. The average molecular weight is 282 g/mol. The molecule has 0 fully saturated rings. The first-order valence-electron chi connectivity index (χ1n) is 6.24. The Hall–Kier alpha value is -2.94. The maximum atomic E-state index is 11.5. The highest BCUT2D eigenvalue weighted by atomic mass is 16.5. The Bertz CT molecular complexity index is 694. The lowest BCUT2D eigenvalue weighted by molar-refractivity contribution is 0.0593. The van der Waals surface area contributed by atoms with Gasteiger partial charge in [0.25, 0.3) is 0 Å². The van der Waals surface area contributed by atoms with Crippen molar-refractivity contribution in [1.82, 2.24) is 9.97 Å². The van der Waals surface area contributed by atoms with E-state index in [1.165, 1.54) is 13.3 Å². The molecule has 0 saturated carbocycles. The van der Waals surface area contributed by atoms with Crippen molar-refractivity contribution in [2.75, 3.05) is 19.1 Å². The van der Waals surface area contributed by atoms with Gasteiger partial charge in [-0.15, -0.1) is 0 Å². The van der Waals surface area contributed by atoms with Crippen molar-refractivity contribution in [2.24, 2.45) is 0 Å². The Balaban J connectivity index is 2.18. The third kappa shape index (κ3) is 3.54. The molecule has 0 aliphatic carbocycles. The van der Waals surface area contributed by atoms with Gasteiger partial charge in [0.1, 0.15) is 5.82 Å². The van der Waals surface area contributed by atoms with Crippen LogP contribution < -0.4 is 4.90 Å². The van der Waals surface area contributed by atoms with Crippen LogP contribution in [0, 0.1) is 11.3 Å². The van der Waals surface area contributed by atoms with Crippen LogP contribution in [-0.2, 0) is 11.3 Å². The van der Waals surface area contributed by atoms with Crippen LogP contribution in [0.15, 0.2) is 36.7 Å². The Morgan fingerprint density at radius 1 is 1.43 bits per heavy atom. The van der Waals surface area contributed by atoms with Crippen molar-refractivity contribution in [3.8, 4) is 6.07 Å². The van der Waals surface area contributed by atoms with Gasteiger partial charge in [0.2, 0.25) is 0 Å². The number of methoxy groups -OCH3 is 1. The lowest BCUT2D eigenvalue weighted by Crippen LogP contribution is -2.19. The van der Waals surface area contributed by atoms with Crippen molar-refractivity contribution in [3.05, 3.63) is 53.5 Å². The van der Waals surface area contributed by atoms with Crippen molar-refractivity contribution in [2.45, 2.75) is 6.54 Å². The molecule has 0 saturated heterocycles. The fourth-order valence-corrected chi connectivity index (χ4v) is 1.84. The summed E-state index contributed by atoms with van der Waals surface area (Å²) in [6.45, 7) is 0.550. The molecule has 21 heavy (non-hydrogen) atoms. The molecule has 6 heteroatoms. The average Bonchev–Trinajstić information content (AvgIpc) is 2.54. The number of esters is 1. The SMILES string of the molecule is COC(=O)c1cncc(N(C)Cc2cccc(C#N)c2)n1. The number of nitrogens with zero attached hydrogens (tertiary/aromatic N) is 4. The normalized spacial score (nSPS) is 9.76. The number of nitriles is 1. The summed E-state index contributed by atoms with van der Waals surface area (Å²) in [4.78, 5) is 21.5. The van der Waals surface area contributed by atoms with Crippen molar-refractivity contribution >= 4 is 11.8 Å². The van der Waals surface area contributed by atoms with Crippen LogP contribution in [-0.4, -0.2) is 30.1 Å². The Morgan fingerprint density at radius 3 is 2.95 bits per heavy atom. The number of aromatic nitrogens is 2. The molecule has 0 aliphatic rings. The quantitative estimate of drug-likeness (QED) is 0.795. The molecule has 0 atom stereocenters. The van der Waals surface area contributed by atoms with Gasteiger partial charge in [-0.3, -0.25) is 4.98 Å². The minimum absolute atomic E-state index is 0.160. The molecule has 2 rings (SSSR count). The number of carbonyl (C=O) groups excluding carboxylic acids is 1. The Labute approximate surface area is 122 Å². The first-order valence-corrected chi connectivity index (χ1v) is 6.24. The molecule has 106 valence electrons. The second kappa shape index (κ2) is 6.48. The molecule has 1 heterocycles. The summed E-state index contributed by atoms with van der Waals surface area (Å²) in [7, 11) is 3.14. The summed E-state index contributed by atoms with van der Waals surface area (Å²) >= 11 is 0. The molecular weight excluding hydrogens is 268 g/mol. The van der Waals surface area contributed by atoms with Gasteiger partial charge in [0.15, 0.2) is 5.69 Å². The number of carbonyl (C=O) groups is 1. The number of hydrogen-bond acceptors (Lipinski definition) is 6. The van der Waals surface area contributed by atoms with Crippen LogP contribution in [0.3, 0.4) is 0 Å². The fourth-order valence-electron chi connectivity index (χ4n) is 1.84. The smallest absolute Gasteiger partial charge is 0.358 e. The summed E-state index contributed by atoms with van der Waals surface area (Å²) in [6, 6.07) is 9.43. The number of anilines is 1. The minimum atomic E-state index is -0.524. The van der Waals surface area contributed by atoms with Gasteiger partial charge < -0.3 is 9.64 Å². The molecule has 0 aliphatic heterocycles. The van der Waals surface area contributed by atoms with E-state index in [4.69, 9.17) is 5.26 Å². The third-order valence-corrected chi connectivity index (χ3v) is 2.88. The maximum Gasteiger partial charge on any atom is 0.358 e. The number of ether oxygens (including phenoxy) is 1. The fraction of sp³-hybridized carbons (Fsp3) is 0.200. The van der Waals surface area contributed by atoms with E-state index in [0.29, 0.717) is 17.9 Å². The highest BCUT2D eigenvalue weighted by molar-refractivity contribution is 5.87. The zero-order valence-corrected chi connectivity index (χ0v) is 11.8. The van der Waals surface area contributed by atoms with Crippen LogP contribution in [0.1, 0.15) is 21.6 Å². The van der Waals surface area contributed by atoms with Gasteiger partial charge in [-0.25, -0.2) is 9.78 Å². The van der Waals surface area contributed by atoms with Gasteiger partial charge in [-0.1, -0.05) is 12.1 Å². The van der Waals surface area contributed by atoms with Gasteiger partial charge in [0.05, 0.1) is 31.1 Å². The van der Waals surface area contributed by atoms with Gasteiger partial charge in [-0.05, 0) is 17.7 Å². The second-order valence-electron chi connectivity index (χ2n) is 4.42. The van der Waals surface area contributed by atoms with Gasteiger partial charge in [-0.2, -0.15) is 5.26 Å². The van der Waals surface area contributed by atoms with Crippen LogP contribution >= 0.6 is 0 Å². The predicted octanol–water partition coefficient (Wildman–Crippen LogP) is 1.77. The number of hydrogen-bond donors (Lipinski definition) is 0. The monoisotopic (exact) mass is 282 g/mol. The van der Waals surface area contributed by atoms with Crippen LogP contribution in [0.5, 0.6) is 0 Å². The van der Waals surface area contributed by atoms with Gasteiger partial charge in [0, 0.05) is 13.6 Å². The first-order chi connectivity index (χ1) is 10.1. The second-order valence-corrected chi connectivity index (χ2v) is 4.42. The van der Waals surface area contributed by atoms with Crippen LogP contribution in [0.4, 0.5) is 5.82 Å². The van der Waals surface area contributed by atoms with Crippen LogP contribution in [0.2, 0.25) is 0 Å². The molecule has 0 bridgehead atoms. The summed E-state index contributed by atoms with van der Waals surface area (Å²) in [5, 5.41) is 8.90. The maximum absolute atomic E-state index is 11.5. The lowest BCUT2D eigenvalue weighted by atomic mass is 10.1.